The highest BCUT2D eigenvalue weighted by atomic mass is 19.1. The Bertz CT molecular complexity index is 926. The third-order valence-corrected chi connectivity index (χ3v) is 6.44. The molecule has 2 aromatic rings. The van der Waals surface area contributed by atoms with Gasteiger partial charge in [-0.1, -0.05) is 24.3 Å². The summed E-state index contributed by atoms with van der Waals surface area (Å²) in [6.07, 6.45) is 2.59. The summed E-state index contributed by atoms with van der Waals surface area (Å²) in [6, 6.07) is 14.0. The van der Waals surface area contributed by atoms with Gasteiger partial charge in [0.05, 0.1) is 13.5 Å². The largest absolute Gasteiger partial charge is 0.497 e. The highest BCUT2D eigenvalue weighted by Gasteiger charge is 2.32. The number of benzene rings is 2. The SMILES string of the molecule is COCC(=O)N(C)[C@H](Cc1ccc(F)cc1)C1CCN(C(=O)Cc2cccc(OC)c2)CC1. The van der Waals surface area contributed by atoms with Crippen molar-refractivity contribution in [2.75, 3.05) is 41.0 Å². The number of likely N-dealkylation sites (N-methyl/N-ethyl adjacent to an activating group) is 1. The molecule has 0 aromatic heterocycles. The lowest BCUT2D eigenvalue weighted by molar-refractivity contribution is -0.138. The number of nitrogens with zero attached hydrogens (tertiary/aromatic N) is 2. The molecular weight excluding hydrogens is 423 g/mol. The minimum absolute atomic E-state index is 0.0221. The van der Waals surface area contributed by atoms with Gasteiger partial charge in [0.25, 0.3) is 0 Å². The summed E-state index contributed by atoms with van der Waals surface area (Å²) in [7, 11) is 4.92. The fourth-order valence-corrected chi connectivity index (χ4v) is 4.49. The normalized spacial score (nSPS) is 15.2. The van der Waals surface area contributed by atoms with Crippen LogP contribution in [0.3, 0.4) is 0 Å². The van der Waals surface area contributed by atoms with Crippen molar-refractivity contribution >= 4 is 11.8 Å². The Balaban J connectivity index is 1.64. The summed E-state index contributed by atoms with van der Waals surface area (Å²) in [5, 5.41) is 0. The fraction of sp³-hybridized carbons (Fsp3) is 0.462. The maximum atomic E-state index is 13.4. The van der Waals surface area contributed by atoms with Gasteiger partial charge in [0.2, 0.25) is 11.8 Å². The Hall–Kier alpha value is -2.93. The molecule has 0 N–H and O–H groups in total. The van der Waals surface area contributed by atoms with E-state index in [0.717, 1.165) is 29.7 Å². The van der Waals surface area contributed by atoms with Crippen LogP contribution in [0.15, 0.2) is 48.5 Å². The van der Waals surface area contributed by atoms with Crippen molar-refractivity contribution < 1.29 is 23.5 Å². The van der Waals surface area contributed by atoms with E-state index in [1.807, 2.05) is 29.2 Å². The van der Waals surface area contributed by atoms with Gasteiger partial charge in [0.1, 0.15) is 18.2 Å². The van der Waals surface area contributed by atoms with Gasteiger partial charge in [-0.3, -0.25) is 9.59 Å². The first-order valence-electron chi connectivity index (χ1n) is 11.3. The molecule has 1 aliphatic heterocycles. The molecule has 1 fully saturated rings. The van der Waals surface area contributed by atoms with E-state index in [9.17, 15) is 14.0 Å². The van der Waals surface area contributed by atoms with Crippen LogP contribution >= 0.6 is 0 Å². The average Bonchev–Trinajstić information content (AvgIpc) is 2.83. The molecular formula is C26H33FN2O4. The topological polar surface area (TPSA) is 59.1 Å². The smallest absolute Gasteiger partial charge is 0.248 e. The number of carbonyl (C=O) groups excluding carboxylic acids is 2. The van der Waals surface area contributed by atoms with E-state index in [4.69, 9.17) is 9.47 Å². The quantitative estimate of drug-likeness (QED) is 0.581. The molecule has 0 spiro atoms. The number of rotatable bonds is 9. The summed E-state index contributed by atoms with van der Waals surface area (Å²) in [6.45, 7) is 1.33. The zero-order valence-electron chi connectivity index (χ0n) is 19.6. The second kappa shape index (κ2) is 11.8. The third kappa shape index (κ3) is 6.78. The number of methoxy groups -OCH3 is 2. The van der Waals surface area contributed by atoms with Crippen molar-refractivity contribution in [1.82, 2.24) is 9.80 Å². The van der Waals surface area contributed by atoms with Crippen LogP contribution in [0.1, 0.15) is 24.0 Å². The van der Waals surface area contributed by atoms with Crippen molar-refractivity contribution in [3.63, 3.8) is 0 Å². The van der Waals surface area contributed by atoms with Gasteiger partial charge in [0, 0.05) is 33.3 Å². The predicted octanol–water partition coefficient (Wildman–Crippen LogP) is 3.33. The van der Waals surface area contributed by atoms with Crippen LogP contribution < -0.4 is 4.74 Å². The third-order valence-electron chi connectivity index (χ3n) is 6.44. The van der Waals surface area contributed by atoms with E-state index in [0.29, 0.717) is 25.9 Å². The van der Waals surface area contributed by atoms with Crippen LogP contribution in [0.25, 0.3) is 0 Å². The maximum Gasteiger partial charge on any atom is 0.248 e. The summed E-state index contributed by atoms with van der Waals surface area (Å²) < 4.78 is 23.7. The molecule has 1 heterocycles. The standard InChI is InChI=1S/C26H33FN2O4/c1-28(26(31)18-32-2)24(16-19-7-9-22(27)10-8-19)21-11-13-29(14-12-21)25(30)17-20-5-4-6-23(15-20)33-3/h4-10,15,21,24H,11-14,16-18H2,1-3H3/t24-/m1/s1. The van der Waals surface area contributed by atoms with Gasteiger partial charge in [0.15, 0.2) is 0 Å². The number of ether oxygens (including phenoxy) is 2. The van der Waals surface area contributed by atoms with Gasteiger partial charge in [-0.25, -0.2) is 4.39 Å². The first-order valence-corrected chi connectivity index (χ1v) is 11.3. The molecule has 1 atom stereocenters. The number of likely N-dealkylation sites (tertiary alicyclic amines) is 1. The fourth-order valence-electron chi connectivity index (χ4n) is 4.49. The molecule has 2 amide bonds. The molecule has 0 radical (unpaired) electrons. The number of amides is 2. The van der Waals surface area contributed by atoms with Gasteiger partial charge >= 0.3 is 0 Å². The van der Waals surface area contributed by atoms with Crippen LogP contribution in [0.5, 0.6) is 5.75 Å². The number of carbonyl (C=O) groups is 2. The molecule has 178 valence electrons. The highest BCUT2D eigenvalue weighted by molar-refractivity contribution is 5.79. The average molecular weight is 457 g/mol. The van der Waals surface area contributed by atoms with E-state index in [2.05, 4.69) is 0 Å². The zero-order chi connectivity index (χ0) is 23.8. The molecule has 2 aromatic carbocycles. The van der Waals surface area contributed by atoms with Crippen molar-refractivity contribution in [2.24, 2.45) is 5.92 Å². The Kier molecular flexibility index (Phi) is 8.83. The Morgan fingerprint density at radius 3 is 2.42 bits per heavy atom. The van der Waals surface area contributed by atoms with Crippen LogP contribution in [-0.4, -0.2) is 68.6 Å². The molecule has 0 aliphatic carbocycles. The molecule has 7 heteroatoms. The Morgan fingerprint density at radius 1 is 1.09 bits per heavy atom. The summed E-state index contributed by atoms with van der Waals surface area (Å²) in [4.78, 5) is 29.1. The molecule has 0 bridgehead atoms. The van der Waals surface area contributed by atoms with E-state index in [1.165, 1.54) is 19.2 Å². The lowest BCUT2D eigenvalue weighted by Crippen LogP contribution is -2.49. The van der Waals surface area contributed by atoms with E-state index < -0.39 is 0 Å². The van der Waals surface area contributed by atoms with Crippen LogP contribution in [0.4, 0.5) is 4.39 Å². The molecule has 0 unspecified atom stereocenters. The van der Waals surface area contributed by atoms with Gasteiger partial charge < -0.3 is 19.3 Å². The molecule has 3 rings (SSSR count). The van der Waals surface area contributed by atoms with Crippen LogP contribution in [0.2, 0.25) is 0 Å². The molecule has 6 nitrogen and oxygen atoms in total. The predicted molar refractivity (Wildman–Crippen MR) is 125 cm³/mol. The summed E-state index contributed by atoms with van der Waals surface area (Å²) in [5.41, 5.74) is 1.91. The molecule has 0 saturated carbocycles. The Labute approximate surface area is 195 Å². The lowest BCUT2D eigenvalue weighted by Gasteiger charge is -2.40. The van der Waals surface area contributed by atoms with Gasteiger partial charge in [-0.15, -0.1) is 0 Å². The summed E-state index contributed by atoms with van der Waals surface area (Å²) in [5.74, 6) is 0.719. The molecule has 1 saturated heterocycles. The first-order chi connectivity index (χ1) is 15.9. The van der Waals surface area contributed by atoms with E-state index in [1.54, 1.807) is 31.2 Å². The van der Waals surface area contributed by atoms with Crippen molar-refractivity contribution in [3.05, 3.63) is 65.5 Å². The van der Waals surface area contributed by atoms with Crippen LogP contribution in [-0.2, 0) is 27.2 Å². The van der Waals surface area contributed by atoms with Gasteiger partial charge in [-0.05, 0) is 60.6 Å². The summed E-state index contributed by atoms with van der Waals surface area (Å²) >= 11 is 0. The van der Waals surface area contributed by atoms with Crippen LogP contribution in [0, 0.1) is 11.7 Å². The van der Waals surface area contributed by atoms with Crippen molar-refractivity contribution in [1.29, 1.82) is 0 Å². The second-order valence-electron chi connectivity index (χ2n) is 8.58. The van der Waals surface area contributed by atoms with Crippen molar-refractivity contribution in [2.45, 2.75) is 31.7 Å². The van der Waals surface area contributed by atoms with Crippen molar-refractivity contribution in [3.8, 4) is 5.75 Å². The second-order valence-corrected chi connectivity index (χ2v) is 8.58. The van der Waals surface area contributed by atoms with E-state index in [-0.39, 0.29) is 36.2 Å². The highest BCUT2D eigenvalue weighted by Crippen LogP contribution is 2.27. The number of piperidine rings is 1. The first kappa shape index (κ1) is 24.7. The minimum atomic E-state index is -0.276. The van der Waals surface area contributed by atoms with Gasteiger partial charge in [-0.2, -0.15) is 0 Å². The molecule has 1 aliphatic rings. The minimum Gasteiger partial charge on any atom is -0.497 e. The maximum absolute atomic E-state index is 13.4. The monoisotopic (exact) mass is 456 g/mol. The molecule has 33 heavy (non-hydrogen) atoms. The number of hydrogen-bond donors (Lipinski definition) is 0. The lowest BCUT2D eigenvalue weighted by atomic mass is 9.84. The van der Waals surface area contributed by atoms with E-state index >= 15 is 0 Å². The zero-order valence-corrected chi connectivity index (χ0v) is 19.6. The Morgan fingerprint density at radius 2 is 1.79 bits per heavy atom. The number of halogens is 1. The number of hydrogen-bond acceptors (Lipinski definition) is 4.